The SMILES string of the molecule is NC1(c2ccc(-c3nc4c(cc3-c3ccccc3)NC(=O)CCC4)cc2)CCC1. The van der Waals surface area contributed by atoms with E-state index in [0.717, 1.165) is 59.4 Å². The fourth-order valence-electron chi connectivity index (χ4n) is 4.34. The summed E-state index contributed by atoms with van der Waals surface area (Å²) in [5.74, 6) is 0.0652. The molecule has 4 nitrogen and oxygen atoms in total. The van der Waals surface area contributed by atoms with Crippen molar-refractivity contribution in [2.75, 3.05) is 5.32 Å². The number of benzene rings is 2. The van der Waals surface area contributed by atoms with E-state index in [4.69, 9.17) is 10.7 Å². The number of hydrogen-bond acceptors (Lipinski definition) is 3. The molecule has 1 amide bonds. The number of carbonyl (C=O) groups is 1. The van der Waals surface area contributed by atoms with E-state index in [0.29, 0.717) is 6.42 Å². The van der Waals surface area contributed by atoms with Crippen LogP contribution in [0.5, 0.6) is 0 Å². The largest absolute Gasteiger partial charge is 0.324 e. The minimum atomic E-state index is -0.160. The summed E-state index contributed by atoms with van der Waals surface area (Å²) in [6.07, 6.45) is 5.48. The van der Waals surface area contributed by atoms with Crippen LogP contribution in [0.25, 0.3) is 22.4 Å². The molecule has 29 heavy (non-hydrogen) atoms. The van der Waals surface area contributed by atoms with Gasteiger partial charge in [0.2, 0.25) is 5.91 Å². The average molecular weight is 383 g/mol. The summed E-state index contributed by atoms with van der Waals surface area (Å²) in [4.78, 5) is 17.1. The fraction of sp³-hybridized carbons (Fsp3) is 0.280. The predicted octanol–water partition coefficient (Wildman–Crippen LogP) is 5.03. The van der Waals surface area contributed by atoms with E-state index in [1.54, 1.807) is 0 Å². The van der Waals surface area contributed by atoms with Crippen molar-refractivity contribution in [1.82, 2.24) is 4.98 Å². The summed E-state index contributed by atoms with van der Waals surface area (Å²) < 4.78 is 0. The highest BCUT2D eigenvalue weighted by atomic mass is 16.1. The average Bonchev–Trinajstić information content (AvgIpc) is 2.92. The quantitative estimate of drug-likeness (QED) is 0.667. The minimum absolute atomic E-state index is 0.0652. The fourth-order valence-corrected chi connectivity index (χ4v) is 4.34. The lowest BCUT2D eigenvalue weighted by molar-refractivity contribution is -0.116. The number of amides is 1. The second-order valence-corrected chi connectivity index (χ2v) is 8.23. The van der Waals surface area contributed by atoms with Crippen molar-refractivity contribution in [3.8, 4) is 22.4 Å². The van der Waals surface area contributed by atoms with Crippen LogP contribution in [0.15, 0.2) is 60.7 Å². The van der Waals surface area contributed by atoms with Crippen molar-refractivity contribution < 1.29 is 4.79 Å². The van der Waals surface area contributed by atoms with Gasteiger partial charge in [-0.25, -0.2) is 0 Å². The van der Waals surface area contributed by atoms with Gasteiger partial charge in [0.05, 0.1) is 17.1 Å². The summed E-state index contributed by atoms with van der Waals surface area (Å²) >= 11 is 0. The number of carbonyl (C=O) groups excluding carboxylic acids is 1. The first-order valence-electron chi connectivity index (χ1n) is 10.4. The summed E-state index contributed by atoms with van der Waals surface area (Å²) in [5.41, 5.74) is 13.5. The molecule has 2 heterocycles. The zero-order valence-electron chi connectivity index (χ0n) is 16.4. The van der Waals surface area contributed by atoms with Crippen LogP contribution >= 0.6 is 0 Å². The van der Waals surface area contributed by atoms with Crippen LogP contribution in [0.1, 0.15) is 43.4 Å². The van der Waals surface area contributed by atoms with E-state index < -0.39 is 0 Å². The minimum Gasteiger partial charge on any atom is -0.324 e. The summed E-state index contributed by atoms with van der Waals surface area (Å²) in [5, 5.41) is 3.04. The van der Waals surface area contributed by atoms with Crippen molar-refractivity contribution >= 4 is 11.6 Å². The molecular weight excluding hydrogens is 358 g/mol. The van der Waals surface area contributed by atoms with Gasteiger partial charge in [-0.2, -0.15) is 0 Å². The molecule has 1 aromatic heterocycles. The van der Waals surface area contributed by atoms with E-state index in [-0.39, 0.29) is 11.4 Å². The van der Waals surface area contributed by atoms with Gasteiger partial charge in [0.25, 0.3) is 0 Å². The Morgan fingerprint density at radius 3 is 2.34 bits per heavy atom. The molecule has 4 heteroatoms. The zero-order chi connectivity index (χ0) is 19.8. The molecule has 2 aliphatic rings. The molecule has 1 aliphatic heterocycles. The Morgan fingerprint density at radius 1 is 0.897 bits per heavy atom. The molecule has 1 fully saturated rings. The Hall–Kier alpha value is -2.98. The van der Waals surface area contributed by atoms with Gasteiger partial charge in [-0.05, 0) is 49.3 Å². The van der Waals surface area contributed by atoms with Gasteiger partial charge in [-0.1, -0.05) is 54.6 Å². The highest BCUT2D eigenvalue weighted by molar-refractivity contribution is 5.94. The highest BCUT2D eigenvalue weighted by Gasteiger charge is 2.34. The van der Waals surface area contributed by atoms with Gasteiger partial charge >= 0.3 is 0 Å². The number of fused-ring (bicyclic) bond motifs is 1. The Kier molecular flexibility index (Phi) is 4.44. The number of nitrogens with zero attached hydrogens (tertiary/aromatic N) is 1. The molecule has 0 spiro atoms. The summed E-state index contributed by atoms with van der Waals surface area (Å²) in [6.45, 7) is 0. The summed E-state index contributed by atoms with van der Waals surface area (Å²) in [7, 11) is 0. The molecule has 3 aromatic rings. The van der Waals surface area contributed by atoms with Crippen molar-refractivity contribution in [1.29, 1.82) is 0 Å². The number of rotatable bonds is 3. The lowest BCUT2D eigenvalue weighted by Gasteiger charge is -2.38. The van der Waals surface area contributed by atoms with E-state index in [1.807, 2.05) is 18.2 Å². The first-order chi connectivity index (χ1) is 14.1. The van der Waals surface area contributed by atoms with Crippen LogP contribution < -0.4 is 11.1 Å². The molecule has 0 atom stereocenters. The smallest absolute Gasteiger partial charge is 0.224 e. The second kappa shape index (κ2) is 7.12. The van der Waals surface area contributed by atoms with Crippen LogP contribution in [0.2, 0.25) is 0 Å². The van der Waals surface area contributed by atoms with E-state index >= 15 is 0 Å². The maximum Gasteiger partial charge on any atom is 0.224 e. The van der Waals surface area contributed by atoms with Crippen LogP contribution in [-0.2, 0) is 16.8 Å². The molecule has 2 aromatic carbocycles. The maximum atomic E-state index is 12.1. The van der Waals surface area contributed by atoms with Crippen LogP contribution in [0, 0.1) is 0 Å². The molecule has 5 rings (SSSR count). The first kappa shape index (κ1) is 18.1. The Morgan fingerprint density at radius 2 is 1.66 bits per heavy atom. The van der Waals surface area contributed by atoms with Crippen molar-refractivity contribution in [2.45, 2.75) is 44.1 Å². The molecule has 1 aliphatic carbocycles. The number of hydrogen-bond donors (Lipinski definition) is 2. The third-order valence-corrected chi connectivity index (χ3v) is 6.26. The number of aryl methyl sites for hydroxylation is 1. The summed E-state index contributed by atoms with van der Waals surface area (Å²) in [6, 6.07) is 20.9. The molecule has 0 unspecified atom stereocenters. The Labute approximate surface area is 171 Å². The third kappa shape index (κ3) is 3.34. The first-order valence-corrected chi connectivity index (χ1v) is 10.4. The molecule has 0 saturated heterocycles. The van der Waals surface area contributed by atoms with Crippen molar-refractivity contribution in [3.05, 3.63) is 71.9 Å². The number of nitrogens with two attached hydrogens (primary N) is 1. The monoisotopic (exact) mass is 383 g/mol. The third-order valence-electron chi connectivity index (χ3n) is 6.26. The zero-order valence-corrected chi connectivity index (χ0v) is 16.4. The van der Waals surface area contributed by atoms with Gasteiger partial charge in [0.15, 0.2) is 0 Å². The number of pyridine rings is 1. The predicted molar refractivity (Wildman–Crippen MR) is 116 cm³/mol. The number of aromatic nitrogens is 1. The molecule has 146 valence electrons. The number of anilines is 1. The van der Waals surface area contributed by atoms with Crippen LogP contribution in [0.4, 0.5) is 5.69 Å². The van der Waals surface area contributed by atoms with Gasteiger partial charge in [0.1, 0.15) is 0 Å². The van der Waals surface area contributed by atoms with Crippen molar-refractivity contribution in [3.63, 3.8) is 0 Å². The molecule has 1 saturated carbocycles. The van der Waals surface area contributed by atoms with E-state index in [1.165, 1.54) is 12.0 Å². The topological polar surface area (TPSA) is 68.0 Å². The lowest BCUT2D eigenvalue weighted by Crippen LogP contribution is -2.43. The molecule has 0 radical (unpaired) electrons. The molecule has 3 N–H and O–H groups in total. The molecular formula is C25H25N3O. The Balaban J connectivity index is 1.63. The standard InChI is InChI=1S/C25H25N3O/c26-25(14-5-15-25)19-12-10-18(11-13-19)24-20(17-6-2-1-3-7-17)16-22-21(28-24)8-4-9-23(29)27-22/h1-3,6-7,10-13,16H,4-5,8-9,14-15,26H2,(H,27,29). The Bertz CT molecular complexity index is 1050. The van der Waals surface area contributed by atoms with E-state index in [9.17, 15) is 4.79 Å². The van der Waals surface area contributed by atoms with Gasteiger partial charge in [-0.15, -0.1) is 0 Å². The van der Waals surface area contributed by atoms with Crippen LogP contribution in [0.3, 0.4) is 0 Å². The number of nitrogens with one attached hydrogen (secondary N) is 1. The molecule has 0 bridgehead atoms. The van der Waals surface area contributed by atoms with Crippen LogP contribution in [-0.4, -0.2) is 10.9 Å². The van der Waals surface area contributed by atoms with Crippen molar-refractivity contribution in [2.24, 2.45) is 5.73 Å². The maximum absolute atomic E-state index is 12.1. The van der Waals surface area contributed by atoms with Gasteiger partial charge < -0.3 is 11.1 Å². The highest BCUT2D eigenvalue weighted by Crippen LogP contribution is 2.40. The lowest BCUT2D eigenvalue weighted by atomic mass is 9.72. The van der Waals surface area contributed by atoms with Gasteiger partial charge in [0, 0.05) is 23.1 Å². The normalized spacial score (nSPS) is 17.6. The van der Waals surface area contributed by atoms with Gasteiger partial charge in [-0.3, -0.25) is 9.78 Å². The van der Waals surface area contributed by atoms with E-state index in [2.05, 4.69) is 47.8 Å². The second-order valence-electron chi connectivity index (χ2n) is 8.23.